The highest BCUT2D eigenvalue weighted by Crippen LogP contribution is 2.34. The first-order valence-corrected chi connectivity index (χ1v) is 8.82. The van der Waals surface area contributed by atoms with E-state index in [-0.39, 0.29) is 17.3 Å². The van der Waals surface area contributed by atoms with Crippen LogP contribution in [0, 0.1) is 5.82 Å². The zero-order valence-corrected chi connectivity index (χ0v) is 15.0. The number of nitrogens with zero attached hydrogens (tertiary/aromatic N) is 2. The molecule has 6 nitrogen and oxygen atoms in total. The van der Waals surface area contributed by atoms with Crippen molar-refractivity contribution in [2.75, 3.05) is 6.54 Å². The molecular formula is C19H15FN2O4S. The van der Waals surface area contributed by atoms with E-state index in [1.165, 1.54) is 35.2 Å². The van der Waals surface area contributed by atoms with Crippen molar-refractivity contribution >= 4 is 40.6 Å². The number of aromatic hydroxyl groups is 1. The van der Waals surface area contributed by atoms with E-state index < -0.39 is 11.7 Å². The van der Waals surface area contributed by atoms with E-state index in [0.717, 1.165) is 11.8 Å². The van der Waals surface area contributed by atoms with Crippen molar-refractivity contribution in [3.8, 4) is 5.75 Å². The molecule has 2 N–H and O–H groups in total. The number of benzene rings is 2. The maximum Gasteiger partial charge on any atom is 0.339 e. The highest BCUT2D eigenvalue weighted by Gasteiger charge is 2.32. The lowest BCUT2D eigenvalue weighted by Crippen LogP contribution is -2.28. The molecule has 0 unspecified atom stereocenters. The molecule has 3 rings (SSSR count). The minimum atomic E-state index is -1.24. The van der Waals surface area contributed by atoms with E-state index in [2.05, 4.69) is 4.99 Å². The third-order valence-electron chi connectivity index (χ3n) is 3.81. The minimum absolute atomic E-state index is 0.224. The Morgan fingerprint density at radius 2 is 1.96 bits per heavy atom. The molecule has 8 heteroatoms. The van der Waals surface area contributed by atoms with Gasteiger partial charge >= 0.3 is 5.97 Å². The van der Waals surface area contributed by atoms with E-state index in [1.54, 1.807) is 25.1 Å². The lowest BCUT2D eigenvalue weighted by Gasteiger charge is -2.12. The topological polar surface area (TPSA) is 90.2 Å². The first kappa shape index (κ1) is 18.7. The fraction of sp³-hybridized carbons (Fsp3) is 0.105. The Labute approximate surface area is 158 Å². The summed E-state index contributed by atoms with van der Waals surface area (Å²) in [6.07, 6.45) is 1.66. The van der Waals surface area contributed by atoms with Crippen molar-refractivity contribution in [2.45, 2.75) is 6.92 Å². The van der Waals surface area contributed by atoms with Crippen LogP contribution >= 0.6 is 11.8 Å². The number of thioether (sulfide) groups is 1. The Kier molecular flexibility index (Phi) is 5.27. The van der Waals surface area contributed by atoms with Crippen molar-refractivity contribution in [1.82, 2.24) is 4.90 Å². The van der Waals surface area contributed by atoms with Crippen LogP contribution in [0.25, 0.3) is 6.08 Å². The molecule has 0 radical (unpaired) electrons. The fourth-order valence-corrected chi connectivity index (χ4v) is 3.52. The molecule has 1 aliphatic heterocycles. The van der Waals surface area contributed by atoms with Crippen molar-refractivity contribution in [2.24, 2.45) is 4.99 Å². The summed E-state index contributed by atoms with van der Waals surface area (Å²) in [5.74, 6) is -2.22. The molecule has 0 saturated carbocycles. The SMILES string of the molecule is CCN1C(=O)/C(=C/c2ccc(F)cc2)SC1=Nc1ccc(C(=O)O)c(O)c1. The Morgan fingerprint density at radius 3 is 2.56 bits per heavy atom. The molecule has 0 atom stereocenters. The van der Waals surface area contributed by atoms with Gasteiger partial charge in [-0.05, 0) is 54.6 Å². The summed E-state index contributed by atoms with van der Waals surface area (Å²) in [5.41, 5.74) is 0.792. The Hall–Kier alpha value is -3.13. The number of phenols is 1. The second-order valence-corrected chi connectivity index (χ2v) is 6.62. The normalized spacial score (nSPS) is 17.1. The fourth-order valence-electron chi connectivity index (χ4n) is 2.46. The first-order chi connectivity index (χ1) is 12.9. The number of carbonyl (C=O) groups excluding carboxylic acids is 1. The molecule has 138 valence electrons. The van der Waals surface area contributed by atoms with E-state index in [9.17, 15) is 19.1 Å². The van der Waals surface area contributed by atoms with Crippen molar-refractivity contribution < 1.29 is 24.2 Å². The standard InChI is InChI=1S/C19H15FN2O4S/c1-2-22-17(24)16(9-11-3-5-12(20)6-4-11)27-19(22)21-13-7-8-14(18(25)26)15(23)10-13/h3-10,23H,2H2,1H3,(H,25,26)/b16-9-,21-19?. The van der Waals surface area contributed by atoms with Crippen LogP contribution < -0.4 is 0 Å². The van der Waals surface area contributed by atoms with E-state index >= 15 is 0 Å². The Bertz CT molecular complexity index is 970. The van der Waals surface area contributed by atoms with Gasteiger partial charge in [-0.3, -0.25) is 9.69 Å². The summed E-state index contributed by atoms with van der Waals surface area (Å²) in [5, 5.41) is 19.2. The van der Waals surface area contributed by atoms with Gasteiger partial charge in [-0.25, -0.2) is 14.2 Å². The highest BCUT2D eigenvalue weighted by molar-refractivity contribution is 8.18. The summed E-state index contributed by atoms with van der Waals surface area (Å²) in [7, 11) is 0. The molecule has 1 heterocycles. The quantitative estimate of drug-likeness (QED) is 0.779. The molecule has 1 aliphatic rings. The van der Waals surface area contributed by atoms with Crippen LogP contribution in [0.1, 0.15) is 22.8 Å². The minimum Gasteiger partial charge on any atom is -0.507 e. The lowest BCUT2D eigenvalue weighted by molar-refractivity contribution is -0.122. The maximum absolute atomic E-state index is 13.0. The summed E-state index contributed by atoms with van der Waals surface area (Å²) in [6, 6.07) is 9.72. The van der Waals surface area contributed by atoms with Gasteiger partial charge in [0.25, 0.3) is 5.91 Å². The Morgan fingerprint density at radius 1 is 1.26 bits per heavy atom. The number of aromatic carboxylic acids is 1. The number of amides is 1. The van der Waals surface area contributed by atoms with Gasteiger partial charge < -0.3 is 10.2 Å². The third kappa shape index (κ3) is 4.01. The molecule has 0 aromatic heterocycles. The van der Waals surface area contributed by atoms with Crippen LogP contribution in [0.4, 0.5) is 10.1 Å². The van der Waals surface area contributed by atoms with Crippen molar-refractivity contribution in [3.05, 3.63) is 64.3 Å². The number of hydrogen-bond acceptors (Lipinski definition) is 5. The molecule has 27 heavy (non-hydrogen) atoms. The number of halogens is 1. The third-order valence-corrected chi connectivity index (χ3v) is 4.82. The van der Waals surface area contributed by atoms with Crippen molar-refractivity contribution in [1.29, 1.82) is 0 Å². The molecule has 1 saturated heterocycles. The second-order valence-electron chi connectivity index (χ2n) is 5.61. The van der Waals surface area contributed by atoms with E-state index in [4.69, 9.17) is 5.11 Å². The van der Waals surface area contributed by atoms with Gasteiger partial charge in [-0.1, -0.05) is 12.1 Å². The van der Waals surface area contributed by atoms with Gasteiger partial charge in [0, 0.05) is 12.6 Å². The van der Waals surface area contributed by atoms with Crippen LogP contribution in [-0.4, -0.2) is 38.7 Å². The predicted molar refractivity (Wildman–Crippen MR) is 102 cm³/mol. The van der Waals surface area contributed by atoms with Gasteiger partial charge in [0.1, 0.15) is 17.1 Å². The van der Waals surface area contributed by atoms with Crippen LogP contribution in [0.15, 0.2) is 52.4 Å². The van der Waals surface area contributed by atoms with Crippen LogP contribution in [0.5, 0.6) is 5.75 Å². The zero-order chi connectivity index (χ0) is 19.6. The van der Waals surface area contributed by atoms with Gasteiger partial charge in [0.2, 0.25) is 0 Å². The monoisotopic (exact) mass is 386 g/mol. The van der Waals surface area contributed by atoms with Crippen LogP contribution in [0.2, 0.25) is 0 Å². The second kappa shape index (κ2) is 7.63. The summed E-state index contributed by atoms with van der Waals surface area (Å²) in [6.45, 7) is 2.20. The van der Waals surface area contributed by atoms with Gasteiger partial charge in [-0.15, -0.1) is 0 Å². The van der Waals surface area contributed by atoms with E-state index in [0.29, 0.717) is 27.9 Å². The van der Waals surface area contributed by atoms with Gasteiger partial charge in [-0.2, -0.15) is 0 Å². The molecule has 0 bridgehead atoms. The first-order valence-electron chi connectivity index (χ1n) is 8.01. The number of carbonyl (C=O) groups is 2. The molecule has 0 spiro atoms. The molecule has 0 aliphatic carbocycles. The van der Waals surface area contributed by atoms with Crippen molar-refractivity contribution in [3.63, 3.8) is 0 Å². The smallest absolute Gasteiger partial charge is 0.339 e. The number of hydrogen-bond donors (Lipinski definition) is 2. The largest absolute Gasteiger partial charge is 0.507 e. The molecule has 1 amide bonds. The average Bonchev–Trinajstić information content (AvgIpc) is 2.91. The summed E-state index contributed by atoms with van der Waals surface area (Å²) in [4.78, 5) is 29.8. The van der Waals surface area contributed by atoms with Gasteiger partial charge in [0.15, 0.2) is 5.17 Å². The zero-order valence-electron chi connectivity index (χ0n) is 14.2. The highest BCUT2D eigenvalue weighted by atomic mass is 32.2. The predicted octanol–water partition coefficient (Wildman–Crippen LogP) is 3.85. The molecular weight excluding hydrogens is 371 g/mol. The molecule has 2 aromatic carbocycles. The molecule has 1 fully saturated rings. The summed E-state index contributed by atoms with van der Waals surface area (Å²) >= 11 is 1.16. The number of rotatable bonds is 4. The van der Waals surface area contributed by atoms with Gasteiger partial charge in [0.05, 0.1) is 10.6 Å². The maximum atomic E-state index is 13.0. The number of carboxylic acids is 1. The number of amidine groups is 1. The van der Waals surface area contributed by atoms with E-state index in [1.807, 2.05) is 0 Å². The van der Waals surface area contributed by atoms with Crippen LogP contribution in [-0.2, 0) is 4.79 Å². The number of aliphatic imine (C=N–C) groups is 1. The summed E-state index contributed by atoms with van der Waals surface area (Å²) < 4.78 is 13.0. The number of carboxylic acid groups (broad SMARTS) is 1. The average molecular weight is 386 g/mol. The lowest BCUT2D eigenvalue weighted by atomic mass is 10.2. The van der Waals surface area contributed by atoms with Crippen LogP contribution in [0.3, 0.4) is 0 Å². The molecule has 2 aromatic rings. The Balaban J connectivity index is 1.92. The number of likely N-dealkylation sites (N-methyl/N-ethyl adjacent to an activating group) is 1.